The van der Waals surface area contributed by atoms with E-state index in [0.717, 1.165) is 12.3 Å². The maximum Gasteiger partial charge on any atom is 0.251 e. The van der Waals surface area contributed by atoms with Crippen LogP contribution in [0.4, 0.5) is 0 Å². The number of nitrogens with zero attached hydrogens (tertiary/aromatic N) is 1. The van der Waals surface area contributed by atoms with Crippen LogP contribution < -0.4 is 10.1 Å². The summed E-state index contributed by atoms with van der Waals surface area (Å²) in [6.45, 7) is 7.83. The summed E-state index contributed by atoms with van der Waals surface area (Å²) in [5.41, 5.74) is 3.14. The van der Waals surface area contributed by atoms with Crippen LogP contribution >= 0.6 is 0 Å². The van der Waals surface area contributed by atoms with Crippen LogP contribution in [0.1, 0.15) is 48.2 Å². The summed E-state index contributed by atoms with van der Waals surface area (Å²) in [6, 6.07) is 15.7. The number of nitrogens with one attached hydrogen (secondary N) is 1. The molecule has 0 unspecified atom stereocenters. The van der Waals surface area contributed by atoms with E-state index in [1.54, 1.807) is 0 Å². The fraction of sp³-hybridized carbons (Fsp3) is 0.409. The van der Waals surface area contributed by atoms with Gasteiger partial charge < -0.3 is 10.1 Å². The lowest BCUT2D eigenvalue weighted by atomic mass is 10.1. The van der Waals surface area contributed by atoms with Crippen LogP contribution in [0.3, 0.4) is 0 Å². The van der Waals surface area contributed by atoms with Crippen LogP contribution in [0.15, 0.2) is 48.5 Å². The molecule has 2 aromatic rings. The second-order valence-corrected chi connectivity index (χ2v) is 7.13. The number of hydrogen-bond acceptors (Lipinski definition) is 3. The van der Waals surface area contributed by atoms with Gasteiger partial charge in [0.15, 0.2) is 0 Å². The summed E-state index contributed by atoms with van der Waals surface area (Å²) in [6.07, 6.45) is 2.70. The zero-order valence-corrected chi connectivity index (χ0v) is 15.7. The highest BCUT2D eigenvalue weighted by Crippen LogP contribution is 2.17. The van der Waals surface area contributed by atoms with E-state index in [2.05, 4.69) is 28.4 Å². The lowest BCUT2D eigenvalue weighted by molar-refractivity contribution is 0.0950. The van der Waals surface area contributed by atoms with Crippen molar-refractivity contribution in [1.29, 1.82) is 0 Å². The summed E-state index contributed by atoms with van der Waals surface area (Å²) < 4.78 is 5.62. The molecule has 1 saturated heterocycles. The number of carbonyl (C=O) groups is 1. The largest absolute Gasteiger partial charge is 0.491 e. The zero-order chi connectivity index (χ0) is 18.4. The van der Waals surface area contributed by atoms with Crippen molar-refractivity contribution in [3.8, 4) is 5.75 Å². The van der Waals surface area contributed by atoms with Crippen molar-refractivity contribution in [2.75, 3.05) is 13.1 Å². The Labute approximate surface area is 156 Å². The fourth-order valence-electron chi connectivity index (χ4n) is 3.30. The Bertz CT molecular complexity index is 719. The van der Waals surface area contributed by atoms with Crippen molar-refractivity contribution in [2.24, 2.45) is 0 Å². The van der Waals surface area contributed by atoms with Gasteiger partial charge in [0.05, 0.1) is 6.10 Å². The Morgan fingerprint density at radius 3 is 2.35 bits per heavy atom. The quantitative estimate of drug-likeness (QED) is 0.819. The first kappa shape index (κ1) is 18.5. The molecule has 0 bridgehead atoms. The van der Waals surface area contributed by atoms with Gasteiger partial charge in [-0.05, 0) is 75.2 Å². The second kappa shape index (κ2) is 8.86. The van der Waals surface area contributed by atoms with Crippen molar-refractivity contribution in [3.63, 3.8) is 0 Å². The molecule has 0 spiro atoms. The summed E-state index contributed by atoms with van der Waals surface area (Å²) in [5.74, 6) is 0.726. The van der Waals surface area contributed by atoms with Gasteiger partial charge in [-0.25, -0.2) is 0 Å². The topological polar surface area (TPSA) is 41.6 Å². The molecule has 2 aromatic carbocycles. The molecule has 138 valence electrons. The number of amides is 1. The summed E-state index contributed by atoms with van der Waals surface area (Å²) >= 11 is 0. The van der Waals surface area contributed by atoms with E-state index < -0.39 is 0 Å². The van der Waals surface area contributed by atoms with E-state index in [4.69, 9.17) is 4.74 Å². The molecule has 0 aliphatic carbocycles. The third-order valence-electron chi connectivity index (χ3n) is 4.64. The Balaban J connectivity index is 1.59. The van der Waals surface area contributed by atoms with Gasteiger partial charge in [-0.2, -0.15) is 0 Å². The van der Waals surface area contributed by atoms with Crippen LogP contribution in [0.25, 0.3) is 0 Å². The zero-order valence-electron chi connectivity index (χ0n) is 15.7. The molecule has 1 aliphatic heterocycles. The predicted octanol–water partition coefficient (Wildman–Crippen LogP) is 4.00. The molecule has 1 amide bonds. The second-order valence-electron chi connectivity index (χ2n) is 7.13. The smallest absolute Gasteiger partial charge is 0.251 e. The molecule has 0 atom stereocenters. The molecule has 0 aromatic heterocycles. The van der Waals surface area contributed by atoms with Crippen molar-refractivity contribution in [1.82, 2.24) is 10.2 Å². The van der Waals surface area contributed by atoms with Gasteiger partial charge in [0.1, 0.15) is 5.75 Å². The average molecular weight is 352 g/mol. The van der Waals surface area contributed by atoms with Gasteiger partial charge >= 0.3 is 0 Å². The van der Waals surface area contributed by atoms with E-state index in [9.17, 15) is 4.79 Å². The van der Waals surface area contributed by atoms with Gasteiger partial charge in [-0.3, -0.25) is 9.69 Å². The highest BCUT2D eigenvalue weighted by molar-refractivity contribution is 5.94. The van der Waals surface area contributed by atoms with E-state index in [1.807, 2.05) is 44.2 Å². The van der Waals surface area contributed by atoms with Crippen LogP contribution in [0.2, 0.25) is 0 Å². The molecule has 1 aliphatic rings. The minimum atomic E-state index is -0.0583. The molecule has 1 N–H and O–H groups in total. The maximum absolute atomic E-state index is 12.4. The number of ether oxygens (including phenoxy) is 1. The number of rotatable bonds is 7. The molecule has 1 heterocycles. The SMILES string of the molecule is CC(C)Oc1ccc(C(=O)NCc2ccccc2CN2CCCC2)cc1. The Hall–Kier alpha value is -2.33. The molecule has 4 heteroatoms. The molecule has 0 saturated carbocycles. The van der Waals surface area contributed by atoms with E-state index in [-0.39, 0.29) is 12.0 Å². The molecule has 3 rings (SSSR count). The normalized spacial score (nSPS) is 14.6. The van der Waals surface area contributed by atoms with Gasteiger partial charge in [-0.1, -0.05) is 24.3 Å². The van der Waals surface area contributed by atoms with E-state index in [0.29, 0.717) is 12.1 Å². The van der Waals surface area contributed by atoms with Crippen molar-refractivity contribution in [3.05, 3.63) is 65.2 Å². The Morgan fingerprint density at radius 1 is 1.04 bits per heavy atom. The summed E-state index contributed by atoms with van der Waals surface area (Å²) in [7, 11) is 0. The van der Waals surface area contributed by atoms with Crippen LogP contribution in [0.5, 0.6) is 5.75 Å². The van der Waals surface area contributed by atoms with Crippen molar-refractivity contribution in [2.45, 2.75) is 45.9 Å². The van der Waals surface area contributed by atoms with Gasteiger partial charge in [0.25, 0.3) is 5.91 Å². The highest BCUT2D eigenvalue weighted by atomic mass is 16.5. The van der Waals surface area contributed by atoms with Crippen molar-refractivity contribution < 1.29 is 9.53 Å². The van der Waals surface area contributed by atoms with E-state index in [1.165, 1.54) is 37.1 Å². The molecular formula is C22H28N2O2. The third-order valence-corrected chi connectivity index (χ3v) is 4.64. The molecular weight excluding hydrogens is 324 g/mol. The van der Waals surface area contributed by atoms with Gasteiger partial charge in [0.2, 0.25) is 0 Å². The van der Waals surface area contributed by atoms with Crippen LogP contribution in [0, 0.1) is 0 Å². The number of carbonyl (C=O) groups excluding carboxylic acids is 1. The number of likely N-dealkylation sites (tertiary alicyclic amines) is 1. The number of benzene rings is 2. The molecule has 0 radical (unpaired) electrons. The molecule has 1 fully saturated rings. The summed E-state index contributed by atoms with van der Waals surface area (Å²) in [4.78, 5) is 14.9. The monoisotopic (exact) mass is 352 g/mol. The highest BCUT2D eigenvalue weighted by Gasteiger charge is 2.14. The number of hydrogen-bond donors (Lipinski definition) is 1. The minimum Gasteiger partial charge on any atom is -0.491 e. The van der Waals surface area contributed by atoms with E-state index >= 15 is 0 Å². The van der Waals surface area contributed by atoms with Crippen LogP contribution in [-0.2, 0) is 13.1 Å². The first-order chi connectivity index (χ1) is 12.6. The molecule has 4 nitrogen and oxygen atoms in total. The van der Waals surface area contributed by atoms with Crippen LogP contribution in [-0.4, -0.2) is 30.0 Å². The third kappa shape index (κ3) is 5.09. The summed E-state index contributed by atoms with van der Waals surface area (Å²) in [5, 5.41) is 3.04. The van der Waals surface area contributed by atoms with Crippen molar-refractivity contribution >= 4 is 5.91 Å². The maximum atomic E-state index is 12.4. The Kier molecular flexibility index (Phi) is 6.29. The van der Waals surface area contributed by atoms with Gasteiger partial charge in [-0.15, -0.1) is 0 Å². The lowest BCUT2D eigenvalue weighted by Crippen LogP contribution is -2.25. The molecule has 26 heavy (non-hydrogen) atoms. The first-order valence-electron chi connectivity index (χ1n) is 9.46. The predicted molar refractivity (Wildman–Crippen MR) is 104 cm³/mol. The van der Waals surface area contributed by atoms with Gasteiger partial charge in [0, 0.05) is 18.7 Å². The Morgan fingerprint density at radius 2 is 1.69 bits per heavy atom. The minimum absolute atomic E-state index is 0.0583. The lowest BCUT2D eigenvalue weighted by Gasteiger charge is -2.17. The standard InChI is InChI=1S/C22H28N2O2/c1-17(2)26-21-11-9-18(10-12-21)22(25)23-15-19-7-3-4-8-20(19)16-24-13-5-6-14-24/h3-4,7-12,17H,5-6,13-16H2,1-2H3,(H,23,25). The first-order valence-corrected chi connectivity index (χ1v) is 9.46. The average Bonchev–Trinajstić information content (AvgIpc) is 3.14. The fourth-order valence-corrected chi connectivity index (χ4v) is 3.30.